The van der Waals surface area contributed by atoms with Crippen molar-refractivity contribution in [2.75, 3.05) is 6.61 Å². The van der Waals surface area contributed by atoms with E-state index in [9.17, 15) is 26.3 Å². The zero-order valence-corrected chi connectivity index (χ0v) is 19.7. The van der Waals surface area contributed by atoms with E-state index in [4.69, 9.17) is 14.3 Å². The normalized spacial score (nSPS) is 22.8. The average Bonchev–Trinajstić information content (AvgIpc) is 2.80. The molecule has 2 aliphatic rings. The second-order valence-corrected chi connectivity index (χ2v) is 9.15. The predicted octanol–water partition coefficient (Wildman–Crippen LogP) is 7.06. The quantitative estimate of drug-likeness (QED) is 0.277. The van der Waals surface area contributed by atoms with Gasteiger partial charge in [0.05, 0.1) is 17.7 Å². The third-order valence-corrected chi connectivity index (χ3v) is 6.45. The topological polar surface area (TPSA) is 43.8 Å². The standard InChI is InChI=1S/C25H28F6N2O3/c1-2-3-11-34-22-12-16(24(26,27)28)7-9-21(22)35-20-13-18-5-4-6-19(14-20)33(18)36-23-10-8-17(15-32-23)25(29,30)31/h7-10,12,15,18-20H,2-6,11,13-14H2,1H3/t18-,19+,20?. The van der Waals surface area contributed by atoms with Crippen molar-refractivity contribution >= 4 is 0 Å². The van der Waals surface area contributed by atoms with Crippen LogP contribution in [0.1, 0.15) is 63.0 Å². The van der Waals surface area contributed by atoms with Gasteiger partial charge in [0.1, 0.15) is 6.10 Å². The van der Waals surface area contributed by atoms with Crippen LogP contribution in [0, 0.1) is 0 Å². The molecule has 2 bridgehead atoms. The highest BCUT2D eigenvalue weighted by Gasteiger charge is 2.42. The van der Waals surface area contributed by atoms with Gasteiger partial charge in [-0.25, -0.2) is 4.98 Å². The lowest BCUT2D eigenvalue weighted by Gasteiger charge is -2.46. The summed E-state index contributed by atoms with van der Waals surface area (Å²) >= 11 is 0. The fraction of sp³-hybridized carbons (Fsp3) is 0.560. The number of rotatable bonds is 8. The van der Waals surface area contributed by atoms with Crippen molar-refractivity contribution in [1.29, 1.82) is 0 Å². The number of benzene rings is 1. The number of halogens is 6. The van der Waals surface area contributed by atoms with E-state index in [0.29, 0.717) is 19.3 Å². The molecule has 0 aliphatic carbocycles. The molecule has 2 saturated heterocycles. The summed E-state index contributed by atoms with van der Waals surface area (Å²) < 4.78 is 89.9. The molecular weight excluding hydrogens is 490 g/mol. The number of fused-ring (bicyclic) bond motifs is 2. The van der Waals surface area contributed by atoms with E-state index >= 15 is 0 Å². The van der Waals surface area contributed by atoms with Gasteiger partial charge in [0.15, 0.2) is 11.5 Å². The molecule has 1 aromatic carbocycles. The van der Waals surface area contributed by atoms with Gasteiger partial charge in [-0.05, 0) is 43.5 Å². The molecule has 3 atom stereocenters. The second kappa shape index (κ2) is 10.7. The number of nitrogens with zero attached hydrogens (tertiary/aromatic N) is 2. The molecule has 11 heteroatoms. The van der Waals surface area contributed by atoms with Crippen LogP contribution >= 0.6 is 0 Å². The van der Waals surface area contributed by atoms with E-state index in [2.05, 4.69) is 4.98 Å². The lowest BCUT2D eigenvalue weighted by molar-refractivity contribution is -0.185. The van der Waals surface area contributed by atoms with Gasteiger partial charge in [-0.1, -0.05) is 19.8 Å². The van der Waals surface area contributed by atoms with Crippen LogP contribution in [0.15, 0.2) is 36.5 Å². The zero-order valence-electron chi connectivity index (χ0n) is 19.7. The number of pyridine rings is 1. The Kier molecular flexibility index (Phi) is 7.87. The van der Waals surface area contributed by atoms with E-state index in [0.717, 1.165) is 50.1 Å². The van der Waals surface area contributed by atoms with Crippen LogP contribution in [0.3, 0.4) is 0 Å². The highest BCUT2D eigenvalue weighted by Crippen LogP contribution is 2.40. The molecule has 36 heavy (non-hydrogen) atoms. The SMILES string of the molecule is CCCCOc1cc(C(F)(F)F)ccc1OC1C[C@H]2CCC[C@@H](C1)N2Oc1ccc(C(F)(F)F)cn1. The minimum absolute atomic E-state index is 0.0644. The van der Waals surface area contributed by atoms with Gasteiger partial charge in [0, 0.05) is 37.2 Å². The van der Waals surface area contributed by atoms with Gasteiger partial charge in [-0.15, -0.1) is 5.06 Å². The molecule has 0 N–H and O–H groups in total. The van der Waals surface area contributed by atoms with Crippen LogP contribution in [0.4, 0.5) is 26.3 Å². The van der Waals surface area contributed by atoms with Crippen molar-refractivity contribution in [3.8, 4) is 17.4 Å². The number of ether oxygens (including phenoxy) is 2. The maximum Gasteiger partial charge on any atom is 0.417 e. The van der Waals surface area contributed by atoms with E-state index in [1.54, 1.807) is 5.06 Å². The molecule has 4 rings (SSSR count). The molecule has 2 fully saturated rings. The summed E-state index contributed by atoms with van der Waals surface area (Å²) in [7, 11) is 0. The Balaban J connectivity index is 1.45. The first kappa shape index (κ1) is 26.4. The average molecular weight is 518 g/mol. The van der Waals surface area contributed by atoms with Crippen LogP contribution < -0.4 is 14.3 Å². The fourth-order valence-corrected chi connectivity index (χ4v) is 4.64. The van der Waals surface area contributed by atoms with Crippen LogP contribution in [-0.2, 0) is 12.4 Å². The van der Waals surface area contributed by atoms with E-state index in [1.807, 2.05) is 6.92 Å². The van der Waals surface area contributed by atoms with Gasteiger partial charge >= 0.3 is 12.4 Å². The van der Waals surface area contributed by atoms with Crippen LogP contribution in [-0.4, -0.2) is 34.8 Å². The molecule has 3 heterocycles. The van der Waals surface area contributed by atoms with E-state index < -0.39 is 23.5 Å². The lowest BCUT2D eigenvalue weighted by atomic mass is 9.84. The van der Waals surface area contributed by atoms with Crippen molar-refractivity contribution in [2.45, 2.75) is 82.4 Å². The fourth-order valence-electron chi connectivity index (χ4n) is 4.64. The van der Waals surface area contributed by atoms with Crippen molar-refractivity contribution < 1.29 is 40.7 Å². The van der Waals surface area contributed by atoms with Crippen molar-refractivity contribution in [3.05, 3.63) is 47.7 Å². The third kappa shape index (κ3) is 6.35. The number of piperidine rings is 2. The molecule has 2 aliphatic heterocycles. The molecule has 2 aromatic rings. The Hall–Kier alpha value is -2.69. The first-order chi connectivity index (χ1) is 17.0. The second-order valence-electron chi connectivity index (χ2n) is 9.15. The first-order valence-electron chi connectivity index (χ1n) is 12.0. The highest BCUT2D eigenvalue weighted by molar-refractivity contribution is 5.44. The molecule has 1 unspecified atom stereocenters. The molecule has 0 radical (unpaired) electrons. The highest BCUT2D eigenvalue weighted by atomic mass is 19.4. The van der Waals surface area contributed by atoms with Crippen LogP contribution in [0.25, 0.3) is 0 Å². The summed E-state index contributed by atoms with van der Waals surface area (Å²) in [5.74, 6) is 0.408. The lowest BCUT2D eigenvalue weighted by Crippen LogP contribution is -2.55. The molecule has 198 valence electrons. The van der Waals surface area contributed by atoms with Gasteiger partial charge in [0.2, 0.25) is 5.88 Å². The number of hydroxylamine groups is 2. The molecule has 0 amide bonds. The molecule has 1 aromatic heterocycles. The smallest absolute Gasteiger partial charge is 0.417 e. The zero-order chi connectivity index (χ0) is 25.9. The summed E-state index contributed by atoms with van der Waals surface area (Å²) in [6.45, 7) is 2.24. The summed E-state index contributed by atoms with van der Waals surface area (Å²) in [6.07, 6.45) is -3.31. The Morgan fingerprint density at radius 1 is 0.917 bits per heavy atom. The Bertz CT molecular complexity index is 998. The molecular formula is C25H28F6N2O3. The molecule has 0 spiro atoms. The number of hydrogen-bond acceptors (Lipinski definition) is 5. The van der Waals surface area contributed by atoms with Crippen molar-refractivity contribution in [2.24, 2.45) is 0 Å². The van der Waals surface area contributed by atoms with E-state index in [1.165, 1.54) is 12.1 Å². The maximum atomic E-state index is 13.2. The maximum absolute atomic E-state index is 13.2. The third-order valence-electron chi connectivity index (χ3n) is 6.45. The van der Waals surface area contributed by atoms with Crippen molar-refractivity contribution in [1.82, 2.24) is 10.0 Å². The van der Waals surface area contributed by atoms with Gasteiger partial charge in [-0.3, -0.25) is 0 Å². The number of unbranched alkanes of at least 4 members (excludes halogenated alkanes) is 1. The summed E-state index contributed by atoms with van der Waals surface area (Å²) in [5, 5.41) is 1.78. The van der Waals surface area contributed by atoms with E-state index in [-0.39, 0.29) is 42.2 Å². The van der Waals surface area contributed by atoms with Crippen LogP contribution in [0.5, 0.6) is 17.4 Å². The number of hydrogen-bond donors (Lipinski definition) is 0. The van der Waals surface area contributed by atoms with Gasteiger partial charge < -0.3 is 14.3 Å². The summed E-state index contributed by atoms with van der Waals surface area (Å²) in [6, 6.07) is 5.25. The van der Waals surface area contributed by atoms with Crippen LogP contribution in [0.2, 0.25) is 0 Å². The Morgan fingerprint density at radius 2 is 1.58 bits per heavy atom. The summed E-state index contributed by atoms with van der Waals surface area (Å²) in [4.78, 5) is 9.69. The Morgan fingerprint density at radius 3 is 2.17 bits per heavy atom. The van der Waals surface area contributed by atoms with Crippen molar-refractivity contribution in [3.63, 3.8) is 0 Å². The first-order valence-corrected chi connectivity index (χ1v) is 12.0. The Labute approximate surface area is 205 Å². The van der Waals surface area contributed by atoms with Gasteiger partial charge in [0.25, 0.3) is 0 Å². The molecule has 5 nitrogen and oxygen atoms in total. The predicted molar refractivity (Wildman–Crippen MR) is 119 cm³/mol. The van der Waals surface area contributed by atoms with Gasteiger partial charge in [-0.2, -0.15) is 26.3 Å². The number of aromatic nitrogens is 1. The largest absolute Gasteiger partial charge is 0.490 e. The number of alkyl halides is 6. The minimum Gasteiger partial charge on any atom is -0.490 e. The monoisotopic (exact) mass is 518 g/mol. The minimum atomic E-state index is -4.49. The summed E-state index contributed by atoms with van der Waals surface area (Å²) in [5.41, 5.74) is -1.65. The molecule has 0 saturated carbocycles.